The molecule has 2 rings (SSSR count). The molecule has 0 fully saturated rings. The van der Waals surface area contributed by atoms with Gasteiger partial charge in [-0.25, -0.2) is 4.39 Å². The van der Waals surface area contributed by atoms with Crippen molar-refractivity contribution in [3.8, 4) is 0 Å². The van der Waals surface area contributed by atoms with Crippen LogP contribution in [0.1, 0.15) is 5.56 Å². The summed E-state index contributed by atoms with van der Waals surface area (Å²) >= 11 is 6.07. The molecule has 2 aromatic rings. The standard InChI is InChI=1S/C11H9ClFNO/c12-10-7(4-5-15)6-14-11-8(10)2-1-3-9(11)13/h1-3,6,15H,4-5H2. The van der Waals surface area contributed by atoms with Crippen LogP contribution < -0.4 is 0 Å². The van der Waals surface area contributed by atoms with E-state index in [1.54, 1.807) is 12.1 Å². The van der Waals surface area contributed by atoms with E-state index in [1.807, 2.05) is 0 Å². The third-order valence-corrected chi connectivity index (χ3v) is 2.68. The lowest BCUT2D eigenvalue weighted by Crippen LogP contribution is -1.95. The van der Waals surface area contributed by atoms with Crippen molar-refractivity contribution in [3.63, 3.8) is 0 Å². The van der Waals surface area contributed by atoms with Crippen molar-refractivity contribution >= 4 is 22.5 Å². The number of para-hydroxylation sites is 1. The second-order valence-electron chi connectivity index (χ2n) is 3.21. The van der Waals surface area contributed by atoms with Gasteiger partial charge in [-0.3, -0.25) is 4.98 Å². The molecule has 0 atom stereocenters. The first kappa shape index (κ1) is 10.3. The van der Waals surface area contributed by atoms with Crippen LogP contribution in [0.2, 0.25) is 5.02 Å². The molecule has 0 aliphatic rings. The number of hydrogen-bond acceptors (Lipinski definition) is 2. The quantitative estimate of drug-likeness (QED) is 0.852. The number of rotatable bonds is 2. The average Bonchev–Trinajstić information content (AvgIpc) is 2.23. The minimum absolute atomic E-state index is 0.00220. The maximum absolute atomic E-state index is 13.3. The molecule has 0 radical (unpaired) electrons. The van der Waals surface area contributed by atoms with Crippen molar-refractivity contribution in [2.45, 2.75) is 6.42 Å². The molecule has 78 valence electrons. The SMILES string of the molecule is OCCc1cnc2c(F)cccc2c1Cl. The summed E-state index contributed by atoms with van der Waals surface area (Å²) < 4.78 is 13.3. The van der Waals surface area contributed by atoms with Crippen LogP contribution in [-0.4, -0.2) is 16.7 Å². The predicted molar refractivity (Wildman–Crippen MR) is 57.5 cm³/mol. The van der Waals surface area contributed by atoms with E-state index in [1.165, 1.54) is 12.3 Å². The lowest BCUT2D eigenvalue weighted by Gasteiger charge is -2.05. The fraction of sp³-hybridized carbons (Fsp3) is 0.182. The van der Waals surface area contributed by atoms with Gasteiger partial charge >= 0.3 is 0 Å². The summed E-state index contributed by atoms with van der Waals surface area (Å²) in [7, 11) is 0. The van der Waals surface area contributed by atoms with Crippen LogP contribution in [0.15, 0.2) is 24.4 Å². The number of fused-ring (bicyclic) bond motifs is 1. The van der Waals surface area contributed by atoms with Crippen LogP contribution in [-0.2, 0) is 6.42 Å². The van der Waals surface area contributed by atoms with Gasteiger partial charge in [0, 0.05) is 18.2 Å². The predicted octanol–water partition coefficient (Wildman–Crippen LogP) is 2.56. The second-order valence-corrected chi connectivity index (χ2v) is 3.58. The normalized spacial score (nSPS) is 10.9. The number of halogens is 2. The number of benzene rings is 1. The zero-order valence-corrected chi connectivity index (χ0v) is 8.63. The number of nitrogens with zero attached hydrogens (tertiary/aromatic N) is 1. The van der Waals surface area contributed by atoms with Crippen LogP contribution >= 0.6 is 11.6 Å². The molecule has 1 aromatic heterocycles. The third-order valence-electron chi connectivity index (χ3n) is 2.24. The van der Waals surface area contributed by atoms with Crippen LogP contribution in [0.5, 0.6) is 0 Å². The summed E-state index contributed by atoms with van der Waals surface area (Å²) in [5, 5.41) is 9.86. The molecular weight excluding hydrogens is 217 g/mol. The van der Waals surface area contributed by atoms with Gasteiger partial charge in [0.05, 0.1) is 5.02 Å². The Labute approximate surface area is 91.3 Å². The topological polar surface area (TPSA) is 33.1 Å². The Morgan fingerprint density at radius 2 is 2.20 bits per heavy atom. The van der Waals surface area contributed by atoms with E-state index >= 15 is 0 Å². The fourth-order valence-corrected chi connectivity index (χ4v) is 1.79. The number of aliphatic hydroxyl groups is 1. The van der Waals surface area contributed by atoms with Gasteiger partial charge in [-0.15, -0.1) is 0 Å². The maximum atomic E-state index is 13.3. The Balaban J connectivity index is 2.68. The van der Waals surface area contributed by atoms with Crippen molar-refractivity contribution in [2.75, 3.05) is 6.61 Å². The lowest BCUT2D eigenvalue weighted by atomic mass is 10.1. The highest BCUT2D eigenvalue weighted by molar-refractivity contribution is 6.36. The molecule has 0 saturated carbocycles. The molecule has 1 heterocycles. The van der Waals surface area contributed by atoms with E-state index < -0.39 is 0 Å². The van der Waals surface area contributed by atoms with Crippen molar-refractivity contribution in [3.05, 3.63) is 40.8 Å². The minimum atomic E-state index is -0.384. The number of aliphatic hydroxyl groups excluding tert-OH is 1. The van der Waals surface area contributed by atoms with E-state index in [9.17, 15) is 4.39 Å². The van der Waals surface area contributed by atoms with Crippen molar-refractivity contribution in [1.29, 1.82) is 0 Å². The number of pyridine rings is 1. The molecule has 4 heteroatoms. The first-order valence-corrected chi connectivity index (χ1v) is 4.94. The Kier molecular flexibility index (Phi) is 2.84. The smallest absolute Gasteiger partial charge is 0.149 e. The van der Waals surface area contributed by atoms with Crippen molar-refractivity contribution < 1.29 is 9.50 Å². The average molecular weight is 226 g/mol. The first-order valence-electron chi connectivity index (χ1n) is 4.56. The van der Waals surface area contributed by atoms with Crippen LogP contribution in [0.4, 0.5) is 4.39 Å². The highest BCUT2D eigenvalue weighted by Crippen LogP contribution is 2.27. The Hall–Kier alpha value is -1.19. The summed E-state index contributed by atoms with van der Waals surface area (Å²) in [5.74, 6) is -0.384. The monoisotopic (exact) mass is 225 g/mol. The summed E-state index contributed by atoms with van der Waals surface area (Å²) in [6.45, 7) is 0.00220. The van der Waals surface area contributed by atoms with Crippen molar-refractivity contribution in [2.24, 2.45) is 0 Å². The molecule has 0 spiro atoms. The molecule has 0 unspecified atom stereocenters. The Morgan fingerprint density at radius 1 is 1.40 bits per heavy atom. The van der Waals surface area contributed by atoms with E-state index in [4.69, 9.17) is 16.7 Å². The van der Waals surface area contributed by atoms with Crippen molar-refractivity contribution in [1.82, 2.24) is 4.98 Å². The lowest BCUT2D eigenvalue weighted by molar-refractivity contribution is 0.299. The van der Waals surface area contributed by atoms with E-state index in [0.717, 1.165) is 5.56 Å². The Morgan fingerprint density at radius 3 is 2.93 bits per heavy atom. The van der Waals surface area contributed by atoms with E-state index in [-0.39, 0.29) is 17.9 Å². The number of aromatic nitrogens is 1. The highest BCUT2D eigenvalue weighted by atomic mass is 35.5. The zero-order valence-electron chi connectivity index (χ0n) is 7.87. The molecule has 0 aliphatic heterocycles. The molecule has 0 bridgehead atoms. The van der Waals surface area contributed by atoms with Gasteiger partial charge in [0.2, 0.25) is 0 Å². The molecule has 1 aromatic carbocycles. The zero-order chi connectivity index (χ0) is 10.8. The van der Waals surface area contributed by atoms with Gasteiger partial charge in [-0.1, -0.05) is 23.7 Å². The van der Waals surface area contributed by atoms with Gasteiger partial charge in [-0.2, -0.15) is 0 Å². The third kappa shape index (κ3) is 1.80. The largest absolute Gasteiger partial charge is 0.396 e. The van der Waals surface area contributed by atoms with Gasteiger partial charge in [0.15, 0.2) is 0 Å². The molecule has 1 N–H and O–H groups in total. The molecule has 0 saturated heterocycles. The Bertz CT molecular complexity index is 501. The van der Waals surface area contributed by atoms with Gasteiger partial charge in [-0.05, 0) is 18.1 Å². The molecule has 15 heavy (non-hydrogen) atoms. The summed E-state index contributed by atoms with van der Waals surface area (Å²) in [6.07, 6.45) is 1.93. The molecule has 2 nitrogen and oxygen atoms in total. The van der Waals surface area contributed by atoms with Gasteiger partial charge < -0.3 is 5.11 Å². The second kappa shape index (κ2) is 4.13. The van der Waals surface area contributed by atoms with Gasteiger partial charge in [0.1, 0.15) is 11.3 Å². The van der Waals surface area contributed by atoms with Crippen LogP contribution in [0, 0.1) is 5.82 Å². The summed E-state index contributed by atoms with van der Waals surface area (Å²) in [5.41, 5.74) is 1.00. The number of hydrogen-bond donors (Lipinski definition) is 1. The highest BCUT2D eigenvalue weighted by Gasteiger charge is 2.08. The molecular formula is C11H9ClFNO. The van der Waals surface area contributed by atoms with Gasteiger partial charge in [0.25, 0.3) is 0 Å². The summed E-state index contributed by atoms with van der Waals surface area (Å²) in [4.78, 5) is 3.99. The maximum Gasteiger partial charge on any atom is 0.149 e. The molecule has 0 amide bonds. The molecule has 0 aliphatic carbocycles. The minimum Gasteiger partial charge on any atom is -0.396 e. The van der Waals surface area contributed by atoms with E-state index in [2.05, 4.69) is 4.98 Å². The van der Waals surface area contributed by atoms with Crippen LogP contribution in [0.25, 0.3) is 10.9 Å². The summed E-state index contributed by atoms with van der Waals surface area (Å²) in [6, 6.07) is 4.65. The first-order chi connectivity index (χ1) is 7.24. The van der Waals surface area contributed by atoms with Crippen LogP contribution in [0.3, 0.4) is 0 Å². The fourth-order valence-electron chi connectivity index (χ4n) is 1.49. The van der Waals surface area contributed by atoms with E-state index in [0.29, 0.717) is 16.8 Å².